The summed E-state index contributed by atoms with van der Waals surface area (Å²) >= 11 is 1.34. The number of carbonyl (C=O) groups excluding carboxylic acids is 1. The summed E-state index contributed by atoms with van der Waals surface area (Å²) < 4.78 is 0. The van der Waals surface area contributed by atoms with Crippen molar-refractivity contribution in [3.63, 3.8) is 0 Å². The molecule has 208 valence electrons. The molecule has 37 heavy (non-hydrogen) atoms. The van der Waals surface area contributed by atoms with Gasteiger partial charge in [0, 0.05) is 12.4 Å². The highest BCUT2D eigenvalue weighted by Crippen LogP contribution is 2.35. The van der Waals surface area contributed by atoms with Gasteiger partial charge in [-0.15, -0.1) is 11.8 Å². The van der Waals surface area contributed by atoms with E-state index in [1.54, 1.807) is 6.08 Å². The predicted octanol–water partition coefficient (Wildman–Crippen LogP) is 3.41. The Bertz CT molecular complexity index is 848. The van der Waals surface area contributed by atoms with E-state index in [4.69, 9.17) is 15.9 Å². The van der Waals surface area contributed by atoms with Gasteiger partial charge in [0.2, 0.25) is 5.91 Å². The van der Waals surface area contributed by atoms with Crippen LogP contribution in [0.1, 0.15) is 74.7 Å². The number of hydrogen-bond acceptors (Lipinski definition) is 7. The lowest BCUT2D eigenvalue weighted by molar-refractivity contribution is -0.138. The van der Waals surface area contributed by atoms with Crippen LogP contribution in [0.2, 0.25) is 0 Å². The van der Waals surface area contributed by atoms with Crippen molar-refractivity contribution in [1.82, 2.24) is 5.32 Å². The number of hydrogen-bond donors (Lipinski definition) is 6. The summed E-state index contributed by atoms with van der Waals surface area (Å²) in [5.74, 6) is -1.52. The van der Waals surface area contributed by atoms with E-state index in [0.29, 0.717) is 25.7 Å². The molecule has 7 N–H and O–H groups in total. The third-order valence-corrected chi connectivity index (χ3v) is 7.23. The fourth-order valence-electron chi connectivity index (χ4n) is 3.63. The average Bonchev–Trinajstić information content (AvgIpc) is 2.88. The van der Waals surface area contributed by atoms with Crippen LogP contribution in [0.4, 0.5) is 0 Å². The van der Waals surface area contributed by atoms with Crippen molar-refractivity contribution >= 4 is 29.7 Å². The first-order valence-electron chi connectivity index (χ1n) is 13.0. The summed E-state index contributed by atoms with van der Waals surface area (Å²) in [6.07, 6.45) is 13.2. The Morgan fingerprint density at radius 3 is 2.62 bits per heavy atom. The van der Waals surface area contributed by atoms with Gasteiger partial charge in [-0.3, -0.25) is 9.59 Å². The summed E-state index contributed by atoms with van der Waals surface area (Å²) in [6.45, 7) is 1.72. The zero-order valence-electron chi connectivity index (χ0n) is 21.8. The normalized spacial score (nSPS) is 15.1. The quantitative estimate of drug-likeness (QED) is 0.109. The number of carboxylic acid groups (broad SMARTS) is 1. The maximum absolute atomic E-state index is 12.1. The average molecular weight is 537 g/mol. The van der Waals surface area contributed by atoms with E-state index in [9.17, 15) is 19.8 Å². The Kier molecular flexibility index (Phi) is 17.7. The van der Waals surface area contributed by atoms with Crippen LogP contribution in [0, 0.1) is 0 Å². The first-order valence-corrected chi connectivity index (χ1v) is 14.1. The number of aliphatic hydroxyl groups is 3. The molecule has 1 rings (SSSR count). The number of aliphatic carboxylic acids is 1. The van der Waals surface area contributed by atoms with Crippen LogP contribution in [0.25, 0.3) is 6.08 Å². The second-order valence-electron chi connectivity index (χ2n) is 9.06. The fraction of sp³-hybridized carbons (Fsp3) is 0.571. The Morgan fingerprint density at radius 2 is 1.92 bits per heavy atom. The van der Waals surface area contributed by atoms with Gasteiger partial charge in [0.15, 0.2) is 0 Å². The number of carbonyl (C=O) groups is 2. The Morgan fingerprint density at radius 1 is 1.14 bits per heavy atom. The Balaban J connectivity index is 2.85. The number of benzene rings is 1. The van der Waals surface area contributed by atoms with Gasteiger partial charge in [-0.05, 0) is 49.7 Å². The van der Waals surface area contributed by atoms with E-state index < -0.39 is 36.7 Å². The molecule has 0 aliphatic heterocycles. The number of nitrogens with one attached hydrogen (secondary N) is 1. The first-order chi connectivity index (χ1) is 17.8. The number of amides is 1. The van der Waals surface area contributed by atoms with Gasteiger partial charge in [0.1, 0.15) is 6.54 Å². The predicted molar refractivity (Wildman–Crippen MR) is 150 cm³/mol. The first kappa shape index (κ1) is 32.9. The van der Waals surface area contributed by atoms with Gasteiger partial charge in [-0.2, -0.15) is 0 Å². The molecule has 1 aromatic carbocycles. The van der Waals surface area contributed by atoms with Crippen molar-refractivity contribution in [1.29, 1.82) is 0 Å². The Hall–Kier alpha value is -2.17. The summed E-state index contributed by atoms with van der Waals surface area (Å²) in [6, 6.07) is 6.70. The van der Waals surface area contributed by atoms with Gasteiger partial charge in [0.25, 0.3) is 0 Å². The molecule has 8 nitrogen and oxygen atoms in total. The molecule has 0 saturated carbocycles. The van der Waals surface area contributed by atoms with E-state index in [1.165, 1.54) is 24.6 Å². The SMILES string of the molecule is CCCCCC=CCC(O)C=Cc1cccc(C(SC[C@H](N)C(=O)NCC(=O)O)C(O)CCCCO)c1. The van der Waals surface area contributed by atoms with Crippen molar-refractivity contribution in [3.05, 3.63) is 53.6 Å². The molecule has 0 radical (unpaired) electrons. The molecule has 3 unspecified atom stereocenters. The smallest absolute Gasteiger partial charge is 0.322 e. The summed E-state index contributed by atoms with van der Waals surface area (Å²) in [7, 11) is 0. The minimum absolute atomic E-state index is 0.0513. The zero-order valence-corrected chi connectivity index (χ0v) is 22.6. The molecule has 0 fully saturated rings. The molecule has 0 aromatic heterocycles. The standard InChI is InChI=1S/C28H44N2O6S/c1-2-3-4-5-6-7-13-23(32)16-15-21-11-10-12-22(18-21)27(25(33)14-8-9-17-31)37-20-24(29)28(36)30-19-26(34)35/h6-7,10-12,15-16,18,23-25,27,31-33H,2-5,8-9,13-14,17,19-20,29H2,1H3,(H,30,36)(H,34,35)/t23?,24-,25?,27?/m0/s1. The number of unbranched alkanes of at least 4 members (excludes halogenated alkanes) is 4. The lowest BCUT2D eigenvalue weighted by atomic mass is 10.0. The minimum Gasteiger partial charge on any atom is -0.480 e. The van der Waals surface area contributed by atoms with E-state index in [2.05, 4.69) is 18.3 Å². The molecular formula is C28H44N2O6S. The maximum Gasteiger partial charge on any atom is 0.322 e. The second-order valence-corrected chi connectivity index (χ2v) is 10.2. The number of carboxylic acids is 1. The summed E-state index contributed by atoms with van der Waals surface area (Å²) in [4.78, 5) is 22.8. The van der Waals surface area contributed by atoms with Crippen molar-refractivity contribution in [2.24, 2.45) is 5.73 Å². The van der Waals surface area contributed by atoms with Crippen LogP contribution in [0.5, 0.6) is 0 Å². The van der Waals surface area contributed by atoms with Crippen molar-refractivity contribution < 1.29 is 30.0 Å². The van der Waals surface area contributed by atoms with E-state index in [0.717, 1.165) is 24.0 Å². The monoisotopic (exact) mass is 536 g/mol. The lowest BCUT2D eigenvalue weighted by Crippen LogP contribution is -2.44. The second kappa shape index (κ2) is 19.9. The van der Waals surface area contributed by atoms with Crippen molar-refractivity contribution in [3.8, 4) is 0 Å². The molecule has 1 amide bonds. The zero-order chi connectivity index (χ0) is 27.5. The molecule has 1 aromatic rings. The van der Waals surface area contributed by atoms with Crippen LogP contribution in [0.15, 0.2) is 42.5 Å². The van der Waals surface area contributed by atoms with Crippen molar-refractivity contribution in [2.45, 2.75) is 81.8 Å². The molecule has 0 aliphatic rings. The van der Waals surface area contributed by atoms with Crippen LogP contribution < -0.4 is 11.1 Å². The van der Waals surface area contributed by atoms with E-state index >= 15 is 0 Å². The number of rotatable bonds is 20. The van der Waals surface area contributed by atoms with Crippen LogP contribution in [-0.4, -0.2) is 69.5 Å². The van der Waals surface area contributed by atoms with Crippen LogP contribution in [-0.2, 0) is 9.59 Å². The molecule has 0 spiro atoms. The number of aliphatic hydroxyl groups excluding tert-OH is 3. The van der Waals surface area contributed by atoms with Gasteiger partial charge < -0.3 is 31.5 Å². The molecule has 4 atom stereocenters. The highest BCUT2D eigenvalue weighted by atomic mass is 32.2. The van der Waals surface area contributed by atoms with Gasteiger partial charge in [-0.1, -0.05) is 68.3 Å². The molecular weight excluding hydrogens is 492 g/mol. The molecule has 9 heteroatoms. The summed E-state index contributed by atoms with van der Waals surface area (Å²) in [5.41, 5.74) is 7.68. The topological polar surface area (TPSA) is 153 Å². The highest BCUT2D eigenvalue weighted by Gasteiger charge is 2.24. The number of nitrogens with two attached hydrogens (primary N) is 1. The number of thioether (sulfide) groups is 1. The van der Waals surface area contributed by atoms with Crippen LogP contribution in [0.3, 0.4) is 0 Å². The third-order valence-electron chi connectivity index (χ3n) is 5.73. The summed E-state index contributed by atoms with van der Waals surface area (Å²) in [5, 5.41) is 40.9. The minimum atomic E-state index is -1.15. The fourth-order valence-corrected chi connectivity index (χ4v) is 4.89. The van der Waals surface area contributed by atoms with Gasteiger partial charge in [0.05, 0.1) is 23.5 Å². The van der Waals surface area contributed by atoms with Crippen molar-refractivity contribution in [2.75, 3.05) is 18.9 Å². The molecule has 0 aliphatic carbocycles. The Labute approximate surface area is 225 Å². The molecule has 0 heterocycles. The molecule has 0 saturated heterocycles. The lowest BCUT2D eigenvalue weighted by Gasteiger charge is -2.24. The largest absolute Gasteiger partial charge is 0.480 e. The van der Waals surface area contributed by atoms with Gasteiger partial charge in [-0.25, -0.2) is 0 Å². The highest BCUT2D eigenvalue weighted by molar-refractivity contribution is 7.99. The van der Waals surface area contributed by atoms with Crippen LogP contribution >= 0.6 is 11.8 Å². The maximum atomic E-state index is 12.1. The van der Waals surface area contributed by atoms with Gasteiger partial charge >= 0.3 is 5.97 Å². The number of allylic oxidation sites excluding steroid dienone is 1. The van der Waals surface area contributed by atoms with E-state index in [1.807, 2.05) is 36.4 Å². The third kappa shape index (κ3) is 15.0. The van der Waals surface area contributed by atoms with E-state index in [-0.39, 0.29) is 17.6 Å². The molecule has 0 bridgehead atoms.